The Hall–Kier alpha value is -2.82. The number of carbonyl (C=O) groups excluding carboxylic acids is 1. The van der Waals surface area contributed by atoms with Crippen molar-refractivity contribution in [2.75, 3.05) is 29.9 Å². The Kier molecular flexibility index (Phi) is 5.89. The van der Waals surface area contributed by atoms with Crippen LogP contribution in [0, 0.1) is 5.92 Å². The molecule has 0 unspecified atom stereocenters. The molecule has 0 spiro atoms. The second kappa shape index (κ2) is 8.52. The van der Waals surface area contributed by atoms with Crippen molar-refractivity contribution in [1.29, 1.82) is 0 Å². The van der Waals surface area contributed by atoms with Crippen LogP contribution >= 0.6 is 0 Å². The molecule has 1 aliphatic rings. The smallest absolute Gasteiger partial charge is 0.253 e. The Bertz CT molecular complexity index is 749. The molecular formula is C21H26N4O. The molecule has 2 heterocycles. The predicted octanol–water partition coefficient (Wildman–Crippen LogP) is 3.98. The summed E-state index contributed by atoms with van der Waals surface area (Å²) in [7, 11) is 0. The highest BCUT2D eigenvalue weighted by Crippen LogP contribution is 2.25. The summed E-state index contributed by atoms with van der Waals surface area (Å²) in [5.74, 6) is 0.673. The van der Waals surface area contributed by atoms with Crippen LogP contribution in [0.1, 0.15) is 30.1 Å². The molecule has 1 fully saturated rings. The molecule has 1 aromatic carbocycles. The fourth-order valence-electron chi connectivity index (χ4n) is 3.09. The molecule has 0 bridgehead atoms. The van der Waals surface area contributed by atoms with Gasteiger partial charge in [0.2, 0.25) is 0 Å². The average Bonchev–Trinajstić information content (AvgIpc) is 2.67. The number of nitrogens with zero attached hydrogens (tertiary/aromatic N) is 2. The van der Waals surface area contributed by atoms with E-state index in [9.17, 15) is 4.79 Å². The standard InChI is InChI=1S/C21H26N4O/c1-3-10-23-21(26)17-13-19(15-22-14-17)24-18-4-6-20(7-5-18)25-11-8-16(2)9-12-25/h3-7,13-16,24H,1,8-12H2,2H3,(H,23,26). The maximum absolute atomic E-state index is 12.0. The highest BCUT2D eigenvalue weighted by molar-refractivity contribution is 5.94. The van der Waals surface area contributed by atoms with Crippen molar-refractivity contribution >= 4 is 23.0 Å². The van der Waals surface area contributed by atoms with E-state index < -0.39 is 0 Å². The first kappa shape index (κ1) is 18.0. The van der Waals surface area contributed by atoms with Gasteiger partial charge >= 0.3 is 0 Å². The Morgan fingerprint density at radius 3 is 2.65 bits per heavy atom. The van der Waals surface area contributed by atoms with Gasteiger partial charge in [-0.05, 0) is 49.1 Å². The third kappa shape index (κ3) is 4.63. The van der Waals surface area contributed by atoms with E-state index in [1.54, 1.807) is 24.5 Å². The van der Waals surface area contributed by atoms with Crippen molar-refractivity contribution in [3.8, 4) is 0 Å². The van der Waals surface area contributed by atoms with Crippen LogP contribution in [-0.4, -0.2) is 30.5 Å². The van der Waals surface area contributed by atoms with Crippen molar-refractivity contribution in [1.82, 2.24) is 10.3 Å². The van der Waals surface area contributed by atoms with Crippen molar-refractivity contribution in [2.24, 2.45) is 5.92 Å². The third-order valence-corrected chi connectivity index (χ3v) is 4.71. The Morgan fingerprint density at radius 2 is 1.96 bits per heavy atom. The molecule has 1 saturated heterocycles. The zero-order valence-electron chi connectivity index (χ0n) is 15.2. The van der Waals surface area contributed by atoms with E-state index in [1.807, 2.05) is 0 Å². The first-order valence-electron chi connectivity index (χ1n) is 9.12. The number of amides is 1. The number of pyridine rings is 1. The van der Waals surface area contributed by atoms with E-state index in [0.717, 1.165) is 30.4 Å². The maximum Gasteiger partial charge on any atom is 0.253 e. The Morgan fingerprint density at radius 1 is 1.23 bits per heavy atom. The molecule has 1 aliphatic heterocycles. The number of aromatic nitrogens is 1. The van der Waals surface area contributed by atoms with Crippen LogP contribution in [0.3, 0.4) is 0 Å². The minimum atomic E-state index is -0.157. The summed E-state index contributed by atoms with van der Waals surface area (Å²) < 4.78 is 0. The zero-order valence-corrected chi connectivity index (χ0v) is 15.2. The fraction of sp³-hybridized carbons (Fsp3) is 0.333. The summed E-state index contributed by atoms with van der Waals surface area (Å²) in [6.45, 7) is 8.61. The van der Waals surface area contributed by atoms with Gasteiger partial charge in [0, 0.05) is 37.2 Å². The monoisotopic (exact) mass is 350 g/mol. The van der Waals surface area contributed by atoms with Gasteiger partial charge in [0.25, 0.3) is 5.91 Å². The second-order valence-corrected chi connectivity index (χ2v) is 6.80. The molecule has 0 radical (unpaired) electrons. The minimum Gasteiger partial charge on any atom is -0.372 e. The molecule has 1 amide bonds. The largest absolute Gasteiger partial charge is 0.372 e. The van der Waals surface area contributed by atoms with E-state index in [-0.39, 0.29) is 5.91 Å². The first-order valence-corrected chi connectivity index (χ1v) is 9.12. The van der Waals surface area contributed by atoms with Crippen LogP contribution in [-0.2, 0) is 0 Å². The van der Waals surface area contributed by atoms with Gasteiger partial charge in [-0.25, -0.2) is 0 Å². The van der Waals surface area contributed by atoms with Gasteiger partial charge < -0.3 is 15.5 Å². The van der Waals surface area contributed by atoms with Crippen LogP contribution in [0.2, 0.25) is 0 Å². The molecule has 5 nitrogen and oxygen atoms in total. The highest BCUT2D eigenvalue weighted by atomic mass is 16.1. The first-order chi connectivity index (χ1) is 12.7. The van der Waals surface area contributed by atoms with Crippen LogP contribution in [0.25, 0.3) is 0 Å². The summed E-state index contributed by atoms with van der Waals surface area (Å²) in [4.78, 5) is 18.6. The maximum atomic E-state index is 12.0. The normalized spacial score (nSPS) is 14.7. The van der Waals surface area contributed by atoms with Crippen LogP contribution in [0.15, 0.2) is 55.4 Å². The fourth-order valence-corrected chi connectivity index (χ4v) is 3.09. The van der Waals surface area contributed by atoms with E-state index >= 15 is 0 Å². The molecule has 0 saturated carbocycles. The Balaban J connectivity index is 1.64. The number of carbonyl (C=O) groups is 1. The van der Waals surface area contributed by atoms with Gasteiger partial charge in [-0.15, -0.1) is 6.58 Å². The third-order valence-electron chi connectivity index (χ3n) is 4.71. The van der Waals surface area contributed by atoms with E-state index in [1.165, 1.54) is 18.5 Å². The van der Waals surface area contributed by atoms with Gasteiger partial charge in [-0.2, -0.15) is 0 Å². The number of hydrogen-bond donors (Lipinski definition) is 2. The molecule has 0 atom stereocenters. The summed E-state index contributed by atoms with van der Waals surface area (Å²) in [6, 6.07) is 10.2. The zero-order chi connectivity index (χ0) is 18.4. The lowest BCUT2D eigenvalue weighted by molar-refractivity contribution is 0.0957. The quantitative estimate of drug-likeness (QED) is 0.774. The highest BCUT2D eigenvalue weighted by Gasteiger charge is 2.15. The van der Waals surface area contributed by atoms with E-state index in [4.69, 9.17) is 0 Å². The van der Waals surface area contributed by atoms with Gasteiger partial charge in [-0.3, -0.25) is 9.78 Å². The predicted molar refractivity (Wildman–Crippen MR) is 107 cm³/mol. The SMILES string of the molecule is C=CCNC(=O)c1cncc(Nc2ccc(N3CCC(C)CC3)cc2)c1. The second-order valence-electron chi connectivity index (χ2n) is 6.80. The Labute approximate surface area is 155 Å². The van der Waals surface area contributed by atoms with E-state index in [2.05, 4.69) is 58.3 Å². The number of benzene rings is 1. The van der Waals surface area contributed by atoms with Gasteiger partial charge in [0.05, 0.1) is 17.4 Å². The van der Waals surface area contributed by atoms with Gasteiger partial charge in [0.1, 0.15) is 0 Å². The van der Waals surface area contributed by atoms with Crippen LogP contribution in [0.5, 0.6) is 0 Å². The number of anilines is 3. The molecule has 26 heavy (non-hydrogen) atoms. The molecule has 2 N–H and O–H groups in total. The molecule has 0 aliphatic carbocycles. The molecular weight excluding hydrogens is 324 g/mol. The van der Waals surface area contributed by atoms with Crippen LogP contribution < -0.4 is 15.5 Å². The lowest BCUT2D eigenvalue weighted by atomic mass is 9.99. The lowest BCUT2D eigenvalue weighted by Gasteiger charge is -2.32. The molecule has 2 aromatic rings. The summed E-state index contributed by atoms with van der Waals surface area (Å²) >= 11 is 0. The summed E-state index contributed by atoms with van der Waals surface area (Å²) in [5.41, 5.74) is 3.55. The molecule has 5 heteroatoms. The lowest BCUT2D eigenvalue weighted by Crippen LogP contribution is -2.32. The average molecular weight is 350 g/mol. The van der Waals surface area contributed by atoms with Crippen LogP contribution in [0.4, 0.5) is 17.1 Å². The number of hydrogen-bond acceptors (Lipinski definition) is 4. The van der Waals surface area contributed by atoms with Crippen molar-refractivity contribution in [2.45, 2.75) is 19.8 Å². The summed E-state index contributed by atoms with van der Waals surface area (Å²) in [5, 5.41) is 6.07. The number of rotatable bonds is 6. The molecule has 1 aromatic heterocycles. The molecule has 136 valence electrons. The van der Waals surface area contributed by atoms with Crippen molar-refractivity contribution < 1.29 is 4.79 Å². The molecule has 3 rings (SSSR count). The van der Waals surface area contributed by atoms with E-state index in [0.29, 0.717) is 12.1 Å². The number of nitrogens with one attached hydrogen (secondary N) is 2. The topological polar surface area (TPSA) is 57.3 Å². The van der Waals surface area contributed by atoms with Crippen molar-refractivity contribution in [3.63, 3.8) is 0 Å². The van der Waals surface area contributed by atoms with Gasteiger partial charge in [0.15, 0.2) is 0 Å². The number of piperidine rings is 1. The minimum absolute atomic E-state index is 0.157. The van der Waals surface area contributed by atoms with Crippen molar-refractivity contribution in [3.05, 3.63) is 60.9 Å². The van der Waals surface area contributed by atoms with Gasteiger partial charge in [-0.1, -0.05) is 13.0 Å². The summed E-state index contributed by atoms with van der Waals surface area (Å²) in [6.07, 6.45) is 7.44.